The second-order valence-corrected chi connectivity index (χ2v) is 8.96. The fourth-order valence-electron chi connectivity index (χ4n) is 2.22. The van der Waals surface area contributed by atoms with Gasteiger partial charge in [0.25, 0.3) is 0 Å². The van der Waals surface area contributed by atoms with E-state index in [0.29, 0.717) is 16.6 Å². The number of hydrogen-bond donors (Lipinski definition) is 0. The minimum absolute atomic E-state index is 0.0406. The molecule has 1 aromatic carbocycles. The number of rotatable bonds is 3. The molecule has 1 aliphatic heterocycles. The Morgan fingerprint density at radius 1 is 1.43 bits per heavy atom. The molecule has 1 saturated heterocycles. The predicted octanol–water partition coefficient (Wildman–Crippen LogP) is 2.51. The molecule has 0 bridgehead atoms. The second kappa shape index (κ2) is 5.62. The standard InChI is InChI=1S/C13H14ClN3O2S2/c1-9-2-3-10(6-12(9)14)17-8-15-16-13(17)20-11-4-5-21(18,19)7-11/h2-3,6,8,11H,4-5,7H2,1H3/t11-/m0/s1. The zero-order valence-electron chi connectivity index (χ0n) is 11.4. The van der Waals surface area contributed by atoms with Gasteiger partial charge in [-0.2, -0.15) is 0 Å². The topological polar surface area (TPSA) is 64.8 Å². The van der Waals surface area contributed by atoms with Crippen molar-refractivity contribution in [2.75, 3.05) is 11.5 Å². The summed E-state index contributed by atoms with van der Waals surface area (Å²) in [5.41, 5.74) is 1.88. The molecule has 0 amide bonds. The van der Waals surface area contributed by atoms with Gasteiger partial charge < -0.3 is 0 Å². The fraction of sp³-hybridized carbons (Fsp3) is 0.385. The quantitative estimate of drug-likeness (QED) is 0.856. The summed E-state index contributed by atoms with van der Waals surface area (Å²) >= 11 is 7.61. The number of nitrogens with zero attached hydrogens (tertiary/aromatic N) is 3. The largest absolute Gasteiger partial charge is 0.277 e. The number of benzene rings is 1. The number of hydrogen-bond acceptors (Lipinski definition) is 5. The van der Waals surface area contributed by atoms with Gasteiger partial charge in [-0.25, -0.2) is 8.42 Å². The Balaban J connectivity index is 1.85. The monoisotopic (exact) mass is 343 g/mol. The number of halogens is 1. The molecular weight excluding hydrogens is 330 g/mol. The second-order valence-electron chi connectivity index (χ2n) is 5.06. The highest BCUT2D eigenvalue weighted by Crippen LogP contribution is 2.31. The maximum atomic E-state index is 11.5. The van der Waals surface area contributed by atoms with Crippen LogP contribution >= 0.6 is 23.4 Å². The molecule has 0 N–H and O–H groups in total. The molecule has 21 heavy (non-hydrogen) atoms. The molecule has 0 spiro atoms. The smallest absolute Gasteiger partial charge is 0.195 e. The zero-order valence-corrected chi connectivity index (χ0v) is 13.7. The predicted molar refractivity (Wildman–Crippen MR) is 84.0 cm³/mol. The number of thioether (sulfide) groups is 1. The maximum Gasteiger partial charge on any atom is 0.195 e. The Bertz CT molecular complexity index is 773. The summed E-state index contributed by atoms with van der Waals surface area (Å²) in [6, 6.07) is 5.74. The lowest BCUT2D eigenvalue weighted by Gasteiger charge is -2.10. The van der Waals surface area contributed by atoms with E-state index in [1.54, 1.807) is 6.33 Å². The van der Waals surface area contributed by atoms with Crippen molar-refractivity contribution in [2.45, 2.75) is 23.8 Å². The van der Waals surface area contributed by atoms with Crippen LogP contribution in [-0.4, -0.2) is 39.9 Å². The van der Waals surface area contributed by atoms with Crippen molar-refractivity contribution in [3.05, 3.63) is 35.1 Å². The van der Waals surface area contributed by atoms with Crippen LogP contribution in [0.3, 0.4) is 0 Å². The first-order valence-corrected chi connectivity index (χ1v) is 9.56. The lowest BCUT2D eigenvalue weighted by molar-refractivity contribution is 0.602. The number of sulfone groups is 1. The molecule has 1 aliphatic rings. The molecule has 1 aromatic heterocycles. The Morgan fingerprint density at radius 3 is 2.90 bits per heavy atom. The van der Waals surface area contributed by atoms with Gasteiger partial charge >= 0.3 is 0 Å². The van der Waals surface area contributed by atoms with Crippen LogP contribution in [0.15, 0.2) is 29.7 Å². The van der Waals surface area contributed by atoms with E-state index in [1.165, 1.54) is 11.8 Å². The first kappa shape index (κ1) is 14.9. The molecule has 0 aliphatic carbocycles. The van der Waals surface area contributed by atoms with Gasteiger partial charge in [0.2, 0.25) is 0 Å². The molecule has 0 saturated carbocycles. The summed E-state index contributed by atoms with van der Waals surface area (Å²) in [6.07, 6.45) is 2.28. The van der Waals surface area contributed by atoms with Crippen molar-refractivity contribution < 1.29 is 8.42 Å². The SMILES string of the molecule is Cc1ccc(-n2cnnc2S[C@H]2CCS(=O)(=O)C2)cc1Cl. The van der Waals surface area contributed by atoms with E-state index in [9.17, 15) is 8.42 Å². The van der Waals surface area contributed by atoms with Gasteiger partial charge in [-0.15, -0.1) is 10.2 Å². The van der Waals surface area contributed by atoms with Crippen molar-refractivity contribution in [3.63, 3.8) is 0 Å². The van der Waals surface area contributed by atoms with Crippen LogP contribution in [0.2, 0.25) is 5.02 Å². The van der Waals surface area contributed by atoms with Crippen LogP contribution in [0.4, 0.5) is 0 Å². The van der Waals surface area contributed by atoms with Crippen molar-refractivity contribution in [3.8, 4) is 5.69 Å². The van der Waals surface area contributed by atoms with Crippen LogP contribution < -0.4 is 0 Å². The highest BCUT2D eigenvalue weighted by Gasteiger charge is 2.30. The highest BCUT2D eigenvalue weighted by atomic mass is 35.5. The third-order valence-corrected chi connectivity index (χ3v) is 7.02. The summed E-state index contributed by atoms with van der Waals surface area (Å²) in [6.45, 7) is 1.94. The highest BCUT2D eigenvalue weighted by molar-refractivity contribution is 8.01. The molecule has 1 fully saturated rings. The molecule has 5 nitrogen and oxygen atoms in total. The molecule has 8 heteroatoms. The molecule has 0 radical (unpaired) electrons. The lowest BCUT2D eigenvalue weighted by atomic mass is 10.2. The van der Waals surface area contributed by atoms with Crippen LogP contribution in [-0.2, 0) is 9.84 Å². The average Bonchev–Trinajstić information content (AvgIpc) is 3.00. The van der Waals surface area contributed by atoms with Gasteiger partial charge in [0.15, 0.2) is 15.0 Å². The molecular formula is C13H14ClN3O2S2. The first-order chi connectivity index (χ1) is 9.94. The maximum absolute atomic E-state index is 11.5. The molecule has 3 rings (SSSR count). The summed E-state index contributed by atoms with van der Waals surface area (Å²) in [7, 11) is -2.89. The Hall–Kier alpha value is -1.05. The van der Waals surface area contributed by atoms with Crippen LogP contribution in [0.1, 0.15) is 12.0 Å². The normalized spacial score (nSPS) is 20.8. The van der Waals surface area contributed by atoms with Crippen molar-refractivity contribution >= 4 is 33.2 Å². The Morgan fingerprint density at radius 2 is 2.24 bits per heavy atom. The van der Waals surface area contributed by atoms with E-state index >= 15 is 0 Å². The van der Waals surface area contributed by atoms with Gasteiger partial charge in [0.1, 0.15) is 6.33 Å². The number of aromatic nitrogens is 3. The minimum atomic E-state index is -2.89. The summed E-state index contributed by atoms with van der Waals surface area (Å²) < 4.78 is 24.9. The van der Waals surface area contributed by atoms with E-state index in [2.05, 4.69) is 10.2 Å². The van der Waals surface area contributed by atoms with E-state index in [1.807, 2.05) is 29.7 Å². The fourth-order valence-corrected chi connectivity index (χ4v) is 5.87. The van der Waals surface area contributed by atoms with Crippen molar-refractivity contribution in [1.29, 1.82) is 0 Å². The van der Waals surface area contributed by atoms with Crippen molar-refractivity contribution in [1.82, 2.24) is 14.8 Å². The molecule has 2 heterocycles. The molecule has 2 aromatic rings. The summed E-state index contributed by atoms with van der Waals surface area (Å²) in [4.78, 5) is 0. The Kier molecular flexibility index (Phi) is 3.98. The minimum Gasteiger partial charge on any atom is -0.277 e. The lowest BCUT2D eigenvalue weighted by Crippen LogP contribution is -2.07. The van der Waals surface area contributed by atoms with Crippen LogP contribution in [0.25, 0.3) is 5.69 Å². The summed E-state index contributed by atoms with van der Waals surface area (Å²) in [5.74, 6) is 0.467. The van der Waals surface area contributed by atoms with Gasteiger partial charge in [-0.1, -0.05) is 29.4 Å². The van der Waals surface area contributed by atoms with Crippen LogP contribution in [0.5, 0.6) is 0 Å². The first-order valence-electron chi connectivity index (χ1n) is 6.48. The van der Waals surface area contributed by atoms with Crippen molar-refractivity contribution in [2.24, 2.45) is 0 Å². The van der Waals surface area contributed by atoms with E-state index < -0.39 is 9.84 Å². The molecule has 1 atom stereocenters. The summed E-state index contributed by atoms with van der Waals surface area (Å²) in [5, 5.41) is 9.44. The average molecular weight is 344 g/mol. The van der Waals surface area contributed by atoms with Gasteiger partial charge in [-0.3, -0.25) is 4.57 Å². The van der Waals surface area contributed by atoms with Gasteiger partial charge in [0, 0.05) is 10.3 Å². The van der Waals surface area contributed by atoms with Gasteiger partial charge in [-0.05, 0) is 31.0 Å². The van der Waals surface area contributed by atoms with Crippen LogP contribution in [0, 0.1) is 6.92 Å². The van der Waals surface area contributed by atoms with E-state index in [-0.39, 0.29) is 16.8 Å². The third kappa shape index (κ3) is 3.25. The molecule has 0 unspecified atom stereocenters. The van der Waals surface area contributed by atoms with E-state index in [4.69, 9.17) is 11.6 Å². The van der Waals surface area contributed by atoms with E-state index in [0.717, 1.165) is 11.3 Å². The number of aryl methyl sites for hydroxylation is 1. The van der Waals surface area contributed by atoms with Gasteiger partial charge in [0.05, 0.1) is 17.2 Å². The molecule has 112 valence electrons. The zero-order chi connectivity index (χ0) is 15.0. The Labute approximate surface area is 132 Å². The third-order valence-electron chi connectivity index (χ3n) is 3.41.